The smallest absolute Gasteiger partial charge is 0.131 e. The summed E-state index contributed by atoms with van der Waals surface area (Å²) in [6, 6.07) is 5.94. The quantitative estimate of drug-likeness (QED) is 0.811. The molecule has 1 atom stereocenters. The van der Waals surface area contributed by atoms with E-state index >= 15 is 0 Å². The fourth-order valence-electron chi connectivity index (χ4n) is 1.61. The van der Waals surface area contributed by atoms with E-state index in [-0.39, 0.29) is 6.04 Å². The van der Waals surface area contributed by atoms with E-state index in [0.29, 0.717) is 0 Å². The number of hydrogen-bond donors (Lipinski definition) is 1. The summed E-state index contributed by atoms with van der Waals surface area (Å²) in [5, 5.41) is 3.22. The zero-order chi connectivity index (χ0) is 10.7. The van der Waals surface area contributed by atoms with Gasteiger partial charge in [-0.25, -0.2) is 4.98 Å². The molecule has 0 amide bonds. The molecule has 0 bridgehead atoms. The van der Waals surface area contributed by atoms with Crippen molar-refractivity contribution < 1.29 is 0 Å². The molecule has 1 N–H and O–H groups in total. The summed E-state index contributed by atoms with van der Waals surface area (Å²) >= 11 is 0. The Kier molecular flexibility index (Phi) is 2.78. The van der Waals surface area contributed by atoms with Gasteiger partial charge < -0.3 is 9.88 Å². The van der Waals surface area contributed by atoms with Crippen molar-refractivity contribution in [3.8, 4) is 0 Å². The molecular weight excluding hydrogens is 188 g/mol. The summed E-state index contributed by atoms with van der Waals surface area (Å²) in [6.45, 7) is 0. The van der Waals surface area contributed by atoms with Gasteiger partial charge in [0.25, 0.3) is 0 Å². The Hall–Kier alpha value is -1.68. The molecule has 2 aromatic rings. The van der Waals surface area contributed by atoms with Gasteiger partial charge >= 0.3 is 0 Å². The van der Waals surface area contributed by atoms with E-state index in [0.717, 1.165) is 11.5 Å². The Balaban J connectivity index is 2.37. The monoisotopic (exact) mass is 202 g/mol. The maximum absolute atomic E-state index is 4.33. The molecule has 0 aliphatic carbocycles. The fourth-order valence-corrected chi connectivity index (χ4v) is 1.61. The van der Waals surface area contributed by atoms with E-state index in [2.05, 4.69) is 15.3 Å². The lowest BCUT2D eigenvalue weighted by Crippen LogP contribution is -2.22. The predicted molar refractivity (Wildman–Crippen MR) is 58.3 cm³/mol. The van der Waals surface area contributed by atoms with Crippen molar-refractivity contribution in [3.05, 3.63) is 48.3 Å². The van der Waals surface area contributed by atoms with Crippen molar-refractivity contribution in [3.63, 3.8) is 0 Å². The van der Waals surface area contributed by atoms with Gasteiger partial charge in [0.15, 0.2) is 0 Å². The van der Waals surface area contributed by atoms with Crippen LogP contribution in [0.25, 0.3) is 0 Å². The highest BCUT2D eigenvalue weighted by Crippen LogP contribution is 2.16. The van der Waals surface area contributed by atoms with Crippen LogP contribution in [0.15, 0.2) is 36.8 Å². The van der Waals surface area contributed by atoms with Crippen LogP contribution in [0, 0.1) is 0 Å². The van der Waals surface area contributed by atoms with Crippen LogP contribution in [0.2, 0.25) is 0 Å². The third kappa shape index (κ3) is 1.89. The normalized spacial score (nSPS) is 12.7. The van der Waals surface area contributed by atoms with Gasteiger partial charge in [0.05, 0.1) is 5.69 Å². The number of aromatic nitrogens is 3. The van der Waals surface area contributed by atoms with Gasteiger partial charge in [-0.3, -0.25) is 4.98 Å². The zero-order valence-corrected chi connectivity index (χ0v) is 8.88. The molecule has 2 aromatic heterocycles. The SMILES string of the molecule is CNC(c1ccccn1)c1nccn1C. The highest BCUT2D eigenvalue weighted by atomic mass is 15.1. The molecule has 2 rings (SSSR count). The first-order valence-corrected chi connectivity index (χ1v) is 4.88. The third-order valence-corrected chi connectivity index (χ3v) is 2.39. The highest BCUT2D eigenvalue weighted by molar-refractivity contribution is 5.17. The van der Waals surface area contributed by atoms with Gasteiger partial charge in [-0.2, -0.15) is 0 Å². The van der Waals surface area contributed by atoms with E-state index in [1.165, 1.54) is 0 Å². The first-order valence-electron chi connectivity index (χ1n) is 4.88. The standard InChI is InChI=1S/C11H14N4/c1-12-10(9-5-3-4-6-13-9)11-14-7-8-15(11)2/h3-8,10,12H,1-2H3. The number of hydrogen-bond acceptors (Lipinski definition) is 3. The molecule has 78 valence electrons. The summed E-state index contributed by atoms with van der Waals surface area (Å²) in [7, 11) is 3.89. The second-order valence-corrected chi connectivity index (χ2v) is 3.37. The van der Waals surface area contributed by atoms with Gasteiger partial charge in [-0.15, -0.1) is 0 Å². The van der Waals surface area contributed by atoms with Gasteiger partial charge in [-0.1, -0.05) is 6.07 Å². The summed E-state index contributed by atoms with van der Waals surface area (Å²) in [5.41, 5.74) is 0.981. The maximum Gasteiger partial charge on any atom is 0.131 e. The number of nitrogens with one attached hydrogen (secondary N) is 1. The highest BCUT2D eigenvalue weighted by Gasteiger charge is 2.16. The number of aryl methyl sites for hydroxylation is 1. The Morgan fingerprint density at radius 3 is 2.67 bits per heavy atom. The molecule has 4 nitrogen and oxygen atoms in total. The molecule has 15 heavy (non-hydrogen) atoms. The Bertz CT molecular complexity index is 421. The van der Waals surface area contributed by atoms with Crippen LogP contribution < -0.4 is 5.32 Å². The average Bonchev–Trinajstić information content (AvgIpc) is 2.68. The minimum absolute atomic E-state index is 0.0474. The van der Waals surface area contributed by atoms with Crippen LogP contribution in [0.5, 0.6) is 0 Å². The number of imidazole rings is 1. The average molecular weight is 202 g/mol. The topological polar surface area (TPSA) is 42.7 Å². The first-order chi connectivity index (χ1) is 7.33. The van der Waals surface area contributed by atoms with Crippen LogP contribution in [0.3, 0.4) is 0 Å². The molecule has 0 radical (unpaired) electrons. The van der Waals surface area contributed by atoms with Gasteiger partial charge in [0.1, 0.15) is 11.9 Å². The van der Waals surface area contributed by atoms with Crippen molar-refractivity contribution in [2.24, 2.45) is 7.05 Å². The first kappa shape index (κ1) is 9.86. The fraction of sp³-hybridized carbons (Fsp3) is 0.273. The lowest BCUT2D eigenvalue weighted by molar-refractivity contribution is 0.603. The minimum Gasteiger partial charge on any atom is -0.336 e. The van der Waals surface area contributed by atoms with Gasteiger partial charge in [-0.05, 0) is 19.2 Å². The molecule has 1 unspecified atom stereocenters. The Morgan fingerprint density at radius 1 is 1.27 bits per heavy atom. The number of pyridine rings is 1. The Labute approximate surface area is 89.0 Å². The van der Waals surface area contributed by atoms with Crippen molar-refractivity contribution >= 4 is 0 Å². The molecule has 0 spiro atoms. The zero-order valence-electron chi connectivity index (χ0n) is 8.88. The molecule has 0 fully saturated rings. The van der Waals surface area contributed by atoms with E-state index in [1.54, 1.807) is 12.4 Å². The van der Waals surface area contributed by atoms with Gasteiger partial charge in [0.2, 0.25) is 0 Å². The largest absolute Gasteiger partial charge is 0.336 e. The molecule has 2 heterocycles. The minimum atomic E-state index is 0.0474. The third-order valence-electron chi connectivity index (χ3n) is 2.39. The van der Waals surface area contributed by atoms with E-state index < -0.39 is 0 Å². The summed E-state index contributed by atoms with van der Waals surface area (Å²) in [6.07, 6.45) is 5.52. The summed E-state index contributed by atoms with van der Waals surface area (Å²) < 4.78 is 2.00. The molecule has 0 saturated heterocycles. The summed E-state index contributed by atoms with van der Waals surface area (Å²) in [5.74, 6) is 0.969. The molecule has 0 aliphatic rings. The molecule has 0 saturated carbocycles. The van der Waals surface area contributed by atoms with Crippen molar-refractivity contribution in [1.82, 2.24) is 19.9 Å². The van der Waals surface area contributed by atoms with Crippen molar-refractivity contribution in [2.75, 3.05) is 7.05 Å². The summed E-state index contributed by atoms with van der Waals surface area (Å²) in [4.78, 5) is 8.65. The predicted octanol–water partition coefficient (Wildman–Crippen LogP) is 1.12. The molecule has 0 aromatic carbocycles. The number of nitrogens with zero attached hydrogens (tertiary/aromatic N) is 3. The lowest BCUT2D eigenvalue weighted by Gasteiger charge is -2.14. The Morgan fingerprint density at radius 2 is 2.13 bits per heavy atom. The molecule has 0 aliphatic heterocycles. The van der Waals surface area contributed by atoms with Crippen LogP contribution in [-0.2, 0) is 7.05 Å². The van der Waals surface area contributed by atoms with Crippen LogP contribution in [0.1, 0.15) is 17.6 Å². The van der Waals surface area contributed by atoms with Crippen LogP contribution in [0.4, 0.5) is 0 Å². The van der Waals surface area contributed by atoms with E-state index in [4.69, 9.17) is 0 Å². The lowest BCUT2D eigenvalue weighted by atomic mass is 10.2. The van der Waals surface area contributed by atoms with Crippen LogP contribution in [-0.4, -0.2) is 21.6 Å². The van der Waals surface area contributed by atoms with Crippen LogP contribution >= 0.6 is 0 Å². The van der Waals surface area contributed by atoms with Gasteiger partial charge in [0, 0.05) is 25.6 Å². The second kappa shape index (κ2) is 4.23. The molecule has 4 heteroatoms. The number of rotatable bonds is 3. The van der Waals surface area contributed by atoms with E-state index in [1.807, 2.05) is 43.1 Å². The van der Waals surface area contributed by atoms with Crippen molar-refractivity contribution in [2.45, 2.75) is 6.04 Å². The second-order valence-electron chi connectivity index (χ2n) is 3.37. The van der Waals surface area contributed by atoms with Crippen molar-refractivity contribution in [1.29, 1.82) is 0 Å². The molecular formula is C11H14N4. The van der Waals surface area contributed by atoms with E-state index in [9.17, 15) is 0 Å². The maximum atomic E-state index is 4.33.